The van der Waals surface area contributed by atoms with E-state index in [0.29, 0.717) is 5.02 Å². The molecule has 3 aromatic heterocycles. The molecule has 3 heterocycles. The van der Waals surface area contributed by atoms with Crippen molar-refractivity contribution >= 4 is 17.2 Å². The molecule has 0 spiro atoms. The summed E-state index contributed by atoms with van der Waals surface area (Å²) in [6.07, 6.45) is 5.51. The van der Waals surface area contributed by atoms with Gasteiger partial charge < -0.3 is 4.40 Å². The highest BCUT2D eigenvalue weighted by Gasteiger charge is 2.15. The molecule has 0 radical (unpaired) electrons. The normalized spacial score (nSPS) is 10.7. The van der Waals surface area contributed by atoms with E-state index in [2.05, 4.69) is 16.0 Å². The first-order valence-corrected chi connectivity index (χ1v) is 6.53. The molecule has 98 valence electrons. The fourth-order valence-corrected chi connectivity index (χ4v) is 2.56. The van der Waals surface area contributed by atoms with Crippen molar-refractivity contribution in [2.45, 2.75) is 13.3 Å². The number of halogens is 1. The third kappa shape index (κ3) is 2.02. The maximum atomic E-state index is 9.07. The van der Waals surface area contributed by atoms with Crippen LogP contribution in [0.15, 0.2) is 36.8 Å². The van der Waals surface area contributed by atoms with Gasteiger partial charge in [-0.2, -0.15) is 5.26 Å². The second-order valence-electron chi connectivity index (χ2n) is 4.51. The highest BCUT2D eigenvalue weighted by Crippen LogP contribution is 2.27. The van der Waals surface area contributed by atoms with Gasteiger partial charge in [-0.25, -0.2) is 4.98 Å². The Labute approximate surface area is 121 Å². The van der Waals surface area contributed by atoms with Crippen molar-refractivity contribution in [3.63, 3.8) is 0 Å². The molecule has 0 aliphatic rings. The molecule has 5 heteroatoms. The van der Waals surface area contributed by atoms with E-state index in [0.717, 1.165) is 28.2 Å². The number of imidazole rings is 1. The van der Waals surface area contributed by atoms with Crippen LogP contribution in [0.4, 0.5) is 0 Å². The van der Waals surface area contributed by atoms with Crippen LogP contribution in [0.25, 0.3) is 16.9 Å². The Kier molecular flexibility index (Phi) is 3.13. The Morgan fingerprint density at radius 3 is 2.80 bits per heavy atom. The molecule has 20 heavy (non-hydrogen) atoms. The van der Waals surface area contributed by atoms with Gasteiger partial charge in [-0.1, -0.05) is 11.6 Å². The first-order valence-electron chi connectivity index (χ1n) is 6.15. The fourth-order valence-electron chi connectivity index (χ4n) is 2.30. The third-order valence-corrected chi connectivity index (χ3v) is 3.38. The molecule has 0 fully saturated rings. The summed E-state index contributed by atoms with van der Waals surface area (Å²) in [5.41, 5.74) is 4.41. The number of aromatic nitrogens is 3. The quantitative estimate of drug-likeness (QED) is 0.723. The lowest BCUT2D eigenvalue weighted by Crippen LogP contribution is -1.94. The molecule has 0 bridgehead atoms. The highest BCUT2D eigenvalue weighted by atomic mass is 35.5. The summed E-state index contributed by atoms with van der Waals surface area (Å²) < 4.78 is 1.90. The molecule has 3 aromatic rings. The van der Waals surface area contributed by atoms with Gasteiger partial charge in [0.1, 0.15) is 5.65 Å². The second-order valence-corrected chi connectivity index (χ2v) is 4.95. The highest BCUT2D eigenvalue weighted by molar-refractivity contribution is 6.30. The van der Waals surface area contributed by atoms with Crippen molar-refractivity contribution in [3.05, 3.63) is 53.1 Å². The van der Waals surface area contributed by atoms with E-state index in [4.69, 9.17) is 16.9 Å². The molecular weight excluding hydrogens is 272 g/mol. The second kappa shape index (κ2) is 4.95. The van der Waals surface area contributed by atoms with Crippen LogP contribution in [0.3, 0.4) is 0 Å². The van der Waals surface area contributed by atoms with Crippen LogP contribution in [0.5, 0.6) is 0 Å². The molecule has 0 aromatic carbocycles. The number of fused-ring (bicyclic) bond motifs is 1. The fraction of sp³-hybridized carbons (Fsp3) is 0.133. The Morgan fingerprint density at radius 1 is 1.35 bits per heavy atom. The number of nitriles is 1. The standard InChI is InChI=1S/C15H11ClN4/c1-10-8-12(16)9-20-13(2-5-17)14(19-15(10)20)11-3-6-18-7-4-11/h3-4,6-9H,2H2,1H3. The first kappa shape index (κ1) is 12.6. The molecule has 4 nitrogen and oxygen atoms in total. The molecule has 0 atom stereocenters. The van der Waals surface area contributed by atoms with Crippen molar-refractivity contribution in [1.29, 1.82) is 5.26 Å². The van der Waals surface area contributed by atoms with E-state index in [1.165, 1.54) is 0 Å². The van der Waals surface area contributed by atoms with Crippen LogP contribution in [-0.4, -0.2) is 14.4 Å². The predicted molar refractivity (Wildman–Crippen MR) is 77.5 cm³/mol. The number of rotatable bonds is 2. The molecule has 0 unspecified atom stereocenters. The van der Waals surface area contributed by atoms with E-state index < -0.39 is 0 Å². The first-order chi connectivity index (χ1) is 9.70. The van der Waals surface area contributed by atoms with Crippen molar-refractivity contribution in [2.75, 3.05) is 0 Å². The zero-order valence-corrected chi connectivity index (χ0v) is 11.6. The number of hydrogen-bond donors (Lipinski definition) is 0. The monoisotopic (exact) mass is 282 g/mol. The van der Waals surface area contributed by atoms with Gasteiger partial charge in [0, 0.05) is 24.2 Å². The van der Waals surface area contributed by atoms with Crippen LogP contribution >= 0.6 is 11.6 Å². The minimum atomic E-state index is 0.276. The van der Waals surface area contributed by atoms with Gasteiger partial charge in [0.2, 0.25) is 0 Å². The number of aryl methyl sites for hydroxylation is 1. The molecule has 0 aliphatic heterocycles. The van der Waals surface area contributed by atoms with Gasteiger partial charge in [-0.3, -0.25) is 4.98 Å². The smallest absolute Gasteiger partial charge is 0.140 e. The Morgan fingerprint density at radius 2 is 2.10 bits per heavy atom. The predicted octanol–water partition coefficient (Wildman–Crippen LogP) is 3.42. The van der Waals surface area contributed by atoms with Gasteiger partial charge in [0.05, 0.1) is 28.9 Å². The van der Waals surface area contributed by atoms with E-state index in [1.54, 1.807) is 18.6 Å². The zero-order chi connectivity index (χ0) is 14.1. The van der Waals surface area contributed by atoms with Crippen LogP contribution in [-0.2, 0) is 6.42 Å². The topological polar surface area (TPSA) is 54.0 Å². The summed E-state index contributed by atoms with van der Waals surface area (Å²) in [4.78, 5) is 8.68. The van der Waals surface area contributed by atoms with Gasteiger partial charge in [-0.05, 0) is 30.7 Å². The number of nitrogens with zero attached hydrogens (tertiary/aromatic N) is 4. The van der Waals surface area contributed by atoms with Gasteiger partial charge in [0.15, 0.2) is 0 Å². The van der Waals surface area contributed by atoms with Crippen molar-refractivity contribution < 1.29 is 0 Å². The minimum Gasteiger partial charge on any atom is -0.301 e. The van der Waals surface area contributed by atoms with Crippen LogP contribution in [0, 0.1) is 18.3 Å². The molecule has 0 saturated carbocycles. The minimum absolute atomic E-state index is 0.276. The number of hydrogen-bond acceptors (Lipinski definition) is 3. The molecule has 0 aliphatic carbocycles. The summed E-state index contributed by atoms with van der Waals surface area (Å²) in [5, 5.41) is 9.70. The lowest BCUT2D eigenvalue weighted by Gasteiger charge is -2.02. The molecular formula is C15H11ClN4. The Bertz CT molecular complexity index is 815. The van der Waals surface area contributed by atoms with Crippen LogP contribution < -0.4 is 0 Å². The molecule has 0 saturated heterocycles. The van der Waals surface area contributed by atoms with Crippen molar-refractivity contribution in [1.82, 2.24) is 14.4 Å². The third-order valence-electron chi connectivity index (χ3n) is 3.17. The average molecular weight is 283 g/mol. The van der Waals surface area contributed by atoms with Gasteiger partial charge in [-0.15, -0.1) is 0 Å². The van der Waals surface area contributed by atoms with E-state index in [9.17, 15) is 0 Å². The van der Waals surface area contributed by atoms with E-state index in [-0.39, 0.29) is 6.42 Å². The molecule has 0 N–H and O–H groups in total. The van der Waals surface area contributed by atoms with Gasteiger partial charge in [0.25, 0.3) is 0 Å². The summed E-state index contributed by atoms with van der Waals surface area (Å²) in [6.45, 7) is 1.96. The summed E-state index contributed by atoms with van der Waals surface area (Å²) in [5.74, 6) is 0. The van der Waals surface area contributed by atoms with E-state index >= 15 is 0 Å². The largest absolute Gasteiger partial charge is 0.301 e. The van der Waals surface area contributed by atoms with Gasteiger partial charge >= 0.3 is 0 Å². The van der Waals surface area contributed by atoms with Crippen molar-refractivity contribution in [2.24, 2.45) is 0 Å². The lowest BCUT2D eigenvalue weighted by molar-refractivity contribution is 1.05. The zero-order valence-electron chi connectivity index (χ0n) is 10.8. The maximum absolute atomic E-state index is 9.07. The Hall–Kier alpha value is -2.38. The summed E-state index contributed by atoms with van der Waals surface area (Å²) in [7, 11) is 0. The summed E-state index contributed by atoms with van der Waals surface area (Å²) >= 11 is 6.11. The number of pyridine rings is 2. The maximum Gasteiger partial charge on any atom is 0.140 e. The van der Waals surface area contributed by atoms with Crippen LogP contribution in [0.1, 0.15) is 11.3 Å². The van der Waals surface area contributed by atoms with E-state index in [1.807, 2.05) is 29.5 Å². The average Bonchev–Trinajstić information content (AvgIpc) is 2.80. The lowest BCUT2D eigenvalue weighted by atomic mass is 10.1. The van der Waals surface area contributed by atoms with Crippen molar-refractivity contribution in [3.8, 4) is 17.3 Å². The molecule has 3 rings (SSSR count). The molecule has 0 amide bonds. The van der Waals surface area contributed by atoms with Crippen LogP contribution in [0.2, 0.25) is 5.02 Å². The SMILES string of the molecule is Cc1cc(Cl)cn2c(CC#N)c(-c3ccncc3)nc12. The summed E-state index contributed by atoms with van der Waals surface area (Å²) in [6, 6.07) is 7.84. The Balaban J connectivity index is 2.35.